The first kappa shape index (κ1) is 19.5. The summed E-state index contributed by atoms with van der Waals surface area (Å²) in [6.45, 7) is 2.02. The van der Waals surface area contributed by atoms with Crippen LogP contribution in [0.2, 0.25) is 0 Å². The van der Waals surface area contributed by atoms with Crippen LogP contribution >= 0.6 is 0 Å². The highest BCUT2D eigenvalue weighted by Crippen LogP contribution is 2.28. The number of carbonyl (C=O) groups is 1. The van der Waals surface area contributed by atoms with Crippen molar-refractivity contribution in [3.63, 3.8) is 0 Å². The molecule has 0 amide bonds. The molecule has 3 aromatic carbocycles. The molecule has 0 aliphatic rings. The Labute approximate surface area is 172 Å². The highest BCUT2D eigenvalue weighted by molar-refractivity contribution is 6.07. The van der Waals surface area contributed by atoms with Crippen LogP contribution in [0.25, 0.3) is 21.7 Å². The molecule has 0 N–H and O–H groups in total. The first-order valence-electron chi connectivity index (χ1n) is 9.60. The zero-order chi connectivity index (χ0) is 20.9. The lowest BCUT2D eigenvalue weighted by Crippen LogP contribution is -2.16. The minimum Gasteiger partial charge on any atom is -0.490 e. The van der Waals surface area contributed by atoms with Gasteiger partial charge in [0.15, 0.2) is 18.1 Å². The summed E-state index contributed by atoms with van der Waals surface area (Å²) in [6, 6.07) is 19.9. The third-order valence-corrected chi connectivity index (χ3v) is 4.60. The van der Waals surface area contributed by atoms with Crippen LogP contribution in [-0.4, -0.2) is 19.2 Å². The third kappa shape index (κ3) is 4.12. The van der Waals surface area contributed by atoms with Crippen LogP contribution in [0.1, 0.15) is 12.5 Å². The van der Waals surface area contributed by atoms with Crippen molar-refractivity contribution in [2.75, 3.05) is 13.2 Å². The van der Waals surface area contributed by atoms with E-state index in [1.54, 1.807) is 24.3 Å². The highest BCUT2D eigenvalue weighted by Gasteiger charge is 2.13. The SMILES string of the molecule is CCOc1ccccc1OCC(=O)OCc1cc(=O)oc2ccc3ccccc3c12. The number of carbonyl (C=O) groups excluding carboxylic acids is 1. The molecule has 6 nitrogen and oxygen atoms in total. The number of ether oxygens (including phenoxy) is 3. The second-order valence-corrected chi connectivity index (χ2v) is 6.58. The van der Waals surface area contributed by atoms with Crippen LogP contribution < -0.4 is 15.1 Å². The fourth-order valence-electron chi connectivity index (χ4n) is 3.31. The van der Waals surface area contributed by atoms with Gasteiger partial charge in [0.25, 0.3) is 0 Å². The number of hydrogen-bond acceptors (Lipinski definition) is 6. The van der Waals surface area contributed by atoms with Crippen molar-refractivity contribution in [1.82, 2.24) is 0 Å². The van der Waals surface area contributed by atoms with Crippen LogP contribution in [0.5, 0.6) is 11.5 Å². The van der Waals surface area contributed by atoms with Gasteiger partial charge in [-0.15, -0.1) is 0 Å². The van der Waals surface area contributed by atoms with E-state index in [4.69, 9.17) is 18.6 Å². The van der Waals surface area contributed by atoms with Gasteiger partial charge in [-0.05, 0) is 35.9 Å². The van der Waals surface area contributed by atoms with Crippen molar-refractivity contribution >= 4 is 27.7 Å². The molecule has 0 fully saturated rings. The Balaban J connectivity index is 1.52. The van der Waals surface area contributed by atoms with E-state index in [0.29, 0.717) is 29.3 Å². The molecule has 0 spiro atoms. The Bertz CT molecular complexity index is 1260. The van der Waals surface area contributed by atoms with Gasteiger partial charge in [0.1, 0.15) is 12.2 Å². The van der Waals surface area contributed by atoms with E-state index in [2.05, 4.69) is 0 Å². The summed E-state index contributed by atoms with van der Waals surface area (Å²) in [4.78, 5) is 24.2. The summed E-state index contributed by atoms with van der Waals surface area (Å²) in [5, 5.41) is 2.68. The zero-order valence-electron chi connectivity index (χ0n) is 16.4. The van der Waals surface area contributed by atoms with Gasteiger partial charge in [-0.25, -0.2) is 9.59 Å². The Kier molecular flexibility index (Phi) is 5.66. The highest BCUT2D eigenvalue weighted by atomic mass is 16.6. The van der Waals surface area contributed by atoms with Crippen LogP contribution in [0.3, 0.4) is 0 Å². The molecule has 0 radical (unpaired) electrons. The van der Waals surface area contributed by atoms with Crippen molar-refractivity contribution in [2.24, 2.45) is 0 Å². The number of para-hydroxylation sites is 2. The summed E-state index contributed by atoms with van der Waals surface area (Å²) in [7, 11) is 0. The van der Waals surface area contributed by atoms with E-state index in [-0.39, 0.29) is 13.2 Å². The molecule has 30 heavy (non-hydrogen) atoms. The van der Waals surface area contributed by atoms with Crippen LogP contribution in [-0.2, 0) is 16.1 Å². The Hall–Kier alpha value is -3.80. The van der Waals surface area contributed by atoms with Crippen LogP contribution in [0.4, 0.5) is 0 Å². The van der Waals surface area contributed by atoms with E-state index in [9.17, 15) is 9.59 Å². The fraction of sp³-hybridized carbons (Fsp3) is 0.167. The number of hydrogen-bond donors (Lipinski definition) is 0. The van der Waals surface area contributed by atoms with E-state index < -0.39 is 11.6 Å². The predicted octanol–water partition coefficient (Wildman–Crippen LogP) is 4.47. The van der Waals surface area contributed by atoms with Crippen molar-refractivity contribution in [1.29, 1.82) is 0 Å². The Morgan fingerprint density at radius 3 is 2.47 bits per heavy atom. The molecular formula is C24H20O6. The summed E-state index contributed by atoms with van der Waals surface area (Å²) >= 11 is 0. The molecule has 0 saturated carbocycles. The number of rotatable bonds is 7. The lowest BCUT2D eigenvalue weighted by molar-refractivity contribution is -0.147. The predicted molar refractivity (Wildman–Crippen MR) is 113 cm³/mol. The number of benzene rings is 3. The average molecular weight is 404 g/mol. The van der Waals surface area contributed by atoms with Crippen LogP contribution in [0, 0.1) is 0 Å². The maximum atomic E-state index is 12.3. The van der Waals surface area contributed by atoms with Gasteiger partial charge in [-0.2, -0.15) is 0 Å². The summed E-state index contributed by atoms with van der Waals surface area (Å²) in [5.41, 5.74) is 0.543. The maximum absolute atomic E-state index is 12.3. The molecular weight excluding hydrogens is 384 g/mol. The lowest BCUT2D eigenvalue weighted by atomic mass is 10.0. The molecule has 4 aromatic rings. The standard InChI is InChI=1S/C24H20O6/c1-2-27-19-9-5-6-10-20(19)28-15-23(26)29-14-17-13-22(25)30-21-12-11-16-7-3-4-8-18(16)24(17)21/h3-13H,2,14-15H2,1H3. The molecule has 0 atom stereocenters. The Morgan fingerprint density at radius 1 is 0.933 bits per heavy atom. The molecule has 0 aliphatic carbocycles. The second kappa shape index (κ2) is 8.69. The largest absolute Gasteiger partial charge is 0.490 e. The van der Waals surface area contributed by atoms with E-state index >= 15 is 0 Å². The lowest BCUT2D eigenvalue weighted by Gasteiger charge is -2.12. The van der Waals surface area contributed by atoms with Gasteiger partial charge in [0.05, 0.1) is 6.61 Å². The molecule has 0 aliphatic heterocycles. The van der Waals surface area contributed by atoms with Crippen molar-refractivity contribution in [2.45, 2.75) is 13.5 Å². The average Bonchev–Trinajstić information content (AvgIpc) is 2.76. The molecule has 0 bridgehead atoms. The topological polar surface area (TPSA) is 75.0 Å². The quantitative estimate of drug-likeness (QED) is 0.257. The van der Waals surface area contributed by atoms with Gasteiger partial charge in [-0.1, -0.05) is 42.5 Å². The van der Waals surface area contributed by atoms with E-state index in [1.165, 1.54) is 6.07 Å². The molecule has 0 unspecified atom stereocenters. The minimum atomic E-state index is -0.553. The second-order valence-electron chi connectivity index (χ2n) is 6.58. The normalized spacial score (nSPS) is 10.8. The van der Waals surface area contributed by atoms with Gasteiger partial charge < -0.3 is 18.6 Å². The van der Waals surface area contributed by atoms with Crippen molar-refractivity contribution in [3.8, 4) is 11.5 Å². The van der Waals surface area contributed by atoms with Crippen molar-refractivity contribution < 1.29 is 23.4 Å². The van der Waals surface area contributed by atoms with Gasteiger partial charge in [-0.3, -0.25) is 0 Å². The first-order valence-corrected chi connectivity index (χ1v) is 9.60. The summed E-state index contributed by atoms with van der Waals surface area (Å²) in [6.07, 6.45) is 0. The van der Waals surface area contributed by atoms with Gasteiger partial charge >= 0.3 is 11.6 Å². The fourth-order valence-corrected chi connectivity index (χ4v) is 3.31. The van der Waals surface area contributed by atoms with Gasteiger partial charge in [0.2, 0.25) is 0 Å². The molecule has 1 aromatic heterocycles. The number of fused-ring (bicyclic) bond motifs is 3. The van der Waals surface area contributed by atoms with Gasteiger partial charge in [0, 0.05) is 17.0 Å². The monoisotopic (exact) mass is 404 g/mol. The van der Waals surface area contributed by atoms with Crippen molar-refractivity contribution in [3.05, 3.63) is 82.7 Å². The maximum Gasteiger partial charge on any atom is 0.344 e. The van der Waals surface area contributed by atoms with Crippen LogP contribution in [0.15, 0.2) is 75.9 Å². The first-order chi connectivity index (χ1) is 14.7. The smallest absolute Gasteiger partial charge is 0.344 e. The summed E-state index contributed by atoms with van der Waals surface area (Å²) < 4.78 is 21.7. The molecule has 1 heterocycles. The Morgan fingerprint density at radius 2 is 1.67 bits per heavy atom. The minimum absolute atomic E-state index is 0.0641. The van der Waals surface area contributed by atoms with E-state index in [0.717, 1.165) is 16.2 Å². The number of esters is 1. The molecule has 0 saturated heterocycles. The molecule has 6 heteroatoms. The zero-order valence-corrected chi connectivity index (χ0v) is 16.4. The third-order valence-electron chi connectivity index (χ3n) is 4.60. The molecule has 4 rings (SSSR count). The summed E-state index contributed by atoms with van der Waals surface area (Å²) in [5.74, 6) is 0.474. The molecule has 152 valence electrons. The van der Waals surface area contributed by atoms with E-state index in [1.807, 2.05) is 43.3 Å².